The van der Waals surface area contributed by atoms with Gasteiger partial charge in [0.25, 0.3) is 0 Å². The van der Waals surface area contributed by atoms with E-state index in [4.69, 9.17) is 10.2 Å². The lowest BCUT2D eigenvalue weighted by Crippen LogP contribution is -2.08. The lowest BCUT2D eigenvalue weighted by molar-refractivity contribution is 0.528. The van der Waals surface area contributed by atoms with Crippen LogP contribution in [0.15, 0.2) is 33.5 Å². The molecule has 0 aliphatic rings. The molecule has 0 amide bonds. The van der Waals surface area contributed by atoms with Crippen LogP contribution in [-0.2, 0) is 7.05 Å². The molecule has 1 aromatic carbocycles. The maximum Gasteiger partial charge on any atom is 0.419 e. The third-order valence-corrected chi connectivity index (χ3v) is 2.96. The average Bonchev–Trinajstić information content (AvgIpc) is 2.63. The summed E-state index contributed by atoms with van der Waals surface area (Å²) in [6, 6.07) is 7.30. The number of fused-ring (bicyclic) bond motifs is 1. The average molecular weight is 256 g/mol. The molecule has 2 aromatic heterocycles. The van der Waals surface area contributed by atoms with Crippen LogP contribution in [0.2, 0.25) is 0 Å². The summed E-state index contributed by atoms with van der Waals surface area (Å²) in [6.45, 7) is 1.85. The van der Waals surface area contributed by atoms with E-state index in [1.165, 1.54) is 4.57 Å². The summed E-state index contributed by atoms with van der Waals surface area (Å²) in [5.41, 5.74) is 9.24. The van der Waals surface area contributed by atoms with Gasteiger partial charge in [-0.2, -0.15) is 0 Å². The minimum Gasteiger partial charge on any atom is -0.408 e. The summed E-state index contributed by atoms with van der Waals surface area (Å²) >= 11 is 0. The summed E-state index contributed by atoms with van der Waals surface area (Å²) < 4.78 is 6.61. The lowest BCUT2D eigenvalue weighted by atomic mass is 10.1. The predicted molar refractivity (Wildman–Crippen MR) is 71.6 cm³/mol. The monoisotopic (exact) mass is 256 g/mol. The molecule has 0 spiro atoms. The number of anilines is 1. The van der Waals surface area contributed by atoms with Crippen molar-refractivity contribution in [2.75, 3.05) is 5.73 Å². The van der Waals surface area contributed by atoms with Crippen LogP contribution in [0.4, 0.5) is 5.95 Å². The van der Waals surface area contributed by atoms with Crippen molar-refractivity contribution in [3.8, 4) is 11.3 Å². The fourth-order valence-corrected chi connectivity index (χ4v) is 2.03. The van der Waals surface area contributed by atoms with Gasteiger partial charge < -0.3 is 10.2 Å². The van der Waals surface area contributed by atoms with Crippen molar-refractivity contribution in [1.82, 2.24) is 14.5 Å². The van der Waals surface area contributed by atoms with Crippen LogP contribution in [-0.4, -0.2) is 14.5 Å². The minimum absolute atomic E-state index is 0.226. The van der Waals surface area contributed by atoms with E-state index >= 15 is 0 Å². The first kappa shape index (κ1) is 11.5. The molecule has 6 nitrogen and oxygen atoms in total. The lowest BCUT2D eigenvalue weighted by Gasteiger charge is -2.03. The zero-order valence-electron chi connectivity index (χ0n) is 10.5. The highest BCUT2D eigenvalue weighted by Crippen LogP contribution is 2.23. The van der Waals surface area contributed by atoms with E-state index in [2.05, 4.69) is 9.97 Å². The molecule has 2 heterocycles. The van der Waals surface area contributed by atoms with Crippen LogP contribution in [0.1, 0.15) is 5.69 Å². The summed E-state index contributed by atoms with van der Waals surface area (Å²) in [7, 11) is 1.67. The van der Waals surface area contributed by atoms with Crippen LogP contribution >= 0.6 is 0 Å². The molecule has 0 bridgehead atoms. The van der Waals surface area contributed by atoms with Gasteiger partial charge in [0, 0.05) is 18.3 Å². The number of rotatable bonds is 1. The SMILES string of the molecule is Cc1cc(-c2ccc3c(c2)oc(=O)n3C)nc(N)n1. The highest BCUT2D eigenvalue weighted by atomic mass is 16.4. The van der Waals surface area contributed by atoms with Crippen LogP contribution in [0.3, 0.4) is 0 Å². The van der Waals surface area contributed by atoms with Gasteiger partial charge in [-0.1, -0.05) is 6.07 Å². The van der Waals surface area contributed by atoms with Gasteiger partial charge in [0.05, 0.1) is 11.2 Å². The molecule has 6 heteroatoms. The molecule has 3 aromatic rings. The first-order valence-corrected chi connectivity index (χ1v) is 5.76. The highest BCUT2D eigenvalue weighted by molar-refractivity contribution is 5.79. The largest absolute Gasteiger partial charge is 0.419 e. The van der Waals surface area contributed by atoms with Crippen molar-refractivity contribution in [1.29, 1.82) is 0 Å². The zero-order valence-corrected chi connectivity index (χ0v) is 10.5. The summed E-state index contributed by atoms with van der Waals surface area (Å²) in [4.78, 5) is 19.7. The number of benzene rings is 1. The van der Waals surface area contributed by atoms with Gasteiger partial charge in [-0.25, -0.2) is 14.8 Å². The second-order valence-corrected chi connectivity index (χ2v) is 4.36. The molecule has 0 aliphatic carbocycles. The van der Waals surface area contributed by atoms with Gasteiger partial charge in [-0.05, 0) is 25.1 Å². The third-order valence-electron chi connectivity index (χ3n) is 2.96. The van der Waals surface area contributed by atoms with Gasteiger partial charge in [0.15, 0.2) is 5.58 Å². The fourth-order valence-electron chi connectivity index (χ4n) is 2.03. The summed E-state index contributed by atoms with van der Waals surface area (Å²) in [6.07, 6.45) is 0. The first-order chi connectivity index (χ1) is 9.04. The smallest absolute Gasteiger partial charge is 0.408 e. The Hall–Kier alpha value is -2.63. The van der Waals surface area contributed by atoms with Gasteiger partial charge in [-0.3, -0.25) is 4.57 Å². The zero-order chi connectivity index (χ0) is 13.6. The Balaban J connectivity index is 2.23. The summed E-state index contributed by atoms with van der Waals surface area (Å²) in [5, 5.41) is 0. The van der Waals surface area contributed by atoms with E-state index < -0.39 is 0 Å². The Kier molecular flexibility index (Phi) is 2.38. The number of oxazole rings is 1. The molecule has 2 N–H and O–H groups in total. The fraction of sp³-hybridized carbons (Fsp3) is 0.154. The topological polar surface area (TPSA) is 86.9 Å². The molecular formula is C13H12N4O2. The molecule has 0 radical (unpaired) electrons. The molecule has 96 valence electrons. The standard InChI is InChI=1S/C13H12N4O2/c1-7-5-9(16-12(14)15-7)8-3-4-10-11(6-8)19-13(18)17(10)2/h3-6H,1-2H3,(H2,14,15,16). The quantitative estimate of drug-likeness (QED) is 0.712. The van der Waals surface area contributed by atoms with Crippen LogP contribution < -0.4 is 11.5 Å². The van der Waals surface area contributed by atoms with Crippen molar-refractivity contribution >= 4 is 17.0 Å². The number of hydrogen-bond acceptors (Lipinski definition) is 5. The van der Waals surface area contributed by atoms with Crippen molar-refractivity contribution in [2.24, 2.45) is 7.05 Å². The third kappa shape index (κ3) is 1.87. The van der Waals surface area contributed by atoms with E-state index in [1.54, 1.807) is 13.1 Å². The van der Waals surface area contributed by atoms with Gasteiger partial charge >= 0.3 is 5.76 Å². The number of nitrogen functional groups attached to an aromatic ring is 1. The molecule has 0 unspecified atom stereocenters. The van der Waals surface area contributed by atoms with Crippen molar-refractivity contribution in [3.05, 3.63) is 40.5 Å². The number of aromatic nitrogens is 3. The van der Waals surface area contributed by atoms with E-state index in [0.29, 0.717) is 11.3 Å². The minimum atomic E-state index is -0.384. The second kappa shape index (κ2) is 3.94. The molecule has 0 saturated carbocycles. The highest BCUT2D eigenvalue weighted by Gasteiger charge is 2.09. The summed E-state index contributed by atoms with van der Waals surface area (Å²) in [5.74, 6) is -0.157. The number of nitrogens with two attached hydrogens (primary N) is 1. The molecule has 0 fully saturated rings. The maximum absolute atomic E-state index is 11.4. The van der Waals surface area contributed by atoms with Crippen molar-refractivity contribution in [2.45, 2.75) is 6.92 Å². The van der Waals surface area contributed by atoms with Gasteiger partial charge in [-0.15, -0.1) is 0 Å². The Morgan fingerprint density at radius 2 is 2.05 bits per heavy atom. The Morgan fingerprint density at radius 3 is 2.79 bits per heavy atom. The van der Waals surface area contributed by atoms with Crippen LogP contribution in [0, 0.1) is 6.92 Å². The number of nitrogens with zero attached hydrogens (tertiary/aromatic N) is 3. The van der Waals surface area contributed by atoms with E-state index in [9.17, 15) is 4.79 Å². The van der Waals surface area contributed by atoms with Crippen LogP contribution in [0.25, 0.3) is 22.4 Å². The molecule has 0 atom stereocenters. The molecule has 19 heavy (non-hydrogen) atoms. The van der Waals surface area contributed by atoms with E-state index in [-0.39, 0.29) is 11.7 Å². The molecule has 0 saturated heterocycles. The Labute approximate surface area is 108 Å². The molecule has 3 rings (SSSR count). The second-order valence-electron chi connectivity index (χ2n) is 4.36. The Bertz CT molecular complexity index is 812. The van der Waals surface area contributed by atoms with Crippen molar-refractivity contribution in [3.63, 3.8) is 0 Å². The molecule has 0 aliphatic heterocycles. The number of hydrogen-bond donors (Lipinski definition) is 1. The van der Waals surface area contributed by atoms with E-state index in [0.717, 1.165) is 16.8 Å². The van der Waals surface area contributed by atoms with Crippen LogP contribution in [0.5, 0.6) is 0 Å². The van der Waals surface area contributed by atoms with E-state index in [1.807, 2.05) is 25.1 Å². The van der Waals surface area contributed by atoms with Crippen molar-refractivity contribution < 1.29 is 4.42 Å². The normalized spacial score (nSPS) is 11.1. The first-order valence-electron chi connectivity index (χ1n) is 5.76. The molecular weight excluding hydrogens is 244 g/mol. The maximum atomic E-state index is 11.4. The number of aryl methyl sites for hydroxylation is 2. The van der Waals surface area contributed by atoms with Gasteiger partial charge in [0.1, 0.15) is 0 Å². The Morgan fingerprint density at radius 1 is 1.26 bits per heavy atom. The predicted octanol–water partition coefficient (Wildman–Crippen LogP) is 1.48. The van der Waals surface area contributed by atoms with Gasteiger partial charge in [0.2, 0.25) is 5.95 Å².